The fourth-order valence-electron chi connectivity index (χ4n) is 6.15. The normalized spacial score (nSPS) is 16.6. The van der Waals surface area contributed by atoms with Crippen LogP contribution in [0.25, 0.3) is 10.2 Å². The molecule has 0 radical (unpaired) electrons. The van der Waals surface area contributed by atoms with Crippen LogP contribution in [0.3, 0.4) is 0 Å². The van der Waals surface area contributed by atoms with Gasteiger partial charge < -0.3 is 19.9 Å². The molecule has 1 saturated heterocycles. The fraction of sp³-hybridized carbons (Fsp3) is 0.265. The van der Waals surface area contributed by atoms with E-state index >= 15 is 0 Å². The number of nitrogens with one attached hydrogen (secondary N) is 1. The van der Waals surface area contributed by atoms with Gasteiger partial charge in [0.15, 0.2) is 6.61 Å². The maximum Gasteiger partial charge on any atom is 0.262 e. The lowest BCUT2D eigenvalue weighted by Gasteiger charge is -2.37. The van der Waals surface area contributed by atoms with E-state index in [0.29, 0.717) is 22.4 Å². The number of rotatable bonds is 7. The molecular formula is C34H32ClN5O2S. The van der Waals surface area contributed by atoms with Gasteiger partial charge >= 0.3 is 0 Å². The first-order valence-corrected chi connectivity index (χ1v) is 15.9. The summed E-state index contributed by atoms with van der Waals surface area (Å²) in [6.45, 7) is 3.81. The molecule has 1 atom stereocenters. The third kappa shape index (κ3) is 6.03. The van der Waals surface area contributed by atoms with Gasteiger partial charge in [-0.05, 0) is 84.8 Å². The number of carbonyl (C=O) groups excluding carboxylic acids is 1. The molecule has 1 amide bonds. The number of hydrogen-bond acceptors (Lipinski definition) is 7. The molecule has 1 N–H and O–H groups in total. The van der Waals surface area contributed by atoms with Gasteiger partial charge in [-0.25, -0.2) is 9.97 Å². The fourth-order valence-corrected chi connectivity index (χ4v) is 7.54. The number of aryl methyl sites for hydroxylation is 1. The summed E-state index contributed by atoms with van der Waals surface area (Å²) in [6.07, 6.45) is 4.84. The quantitative estimate of drug-likeness (QED) is 0.215. The van der Waals surface area contributed by atoms with Crippen LogP contribution in [0, 0.1) is 0 Å². The van der Waals surface area contributed by atoms with Gasteiger partial charge in [0.25, 0.3) is 5.91 Å². The molecule has 3 heterocycles. The Hall–Kier alpha value is -4.14. The summed E-state index contributed by atoms with van der Waals surface area (Å²) >= 11 is 7.74. The van der Waals surface area contributed by atoms with E-state index in [0.717, 1.165) is 56.1 Å². The predicted octanol–water partition coefficient (Wildman–Crippen LogP) is 6.96. The number of hydrogen-bond donors (Lipinski definition) is 1. The topological polar surface area (TPSA) is 70.6 Å². The minimum Gasteiger partial charge on any atom is -0.484 e. The van der Waals surface area contributed by atoms with E-state index in [2.05, 4.69) is 57.6 Å². The summed E-state index contributed by atoms with van der Waals surface area (Å²) in [5.74, 6) is 2.00. The molecule has 2 aromatic heterocycles. The van der Waals surface area contributed by atoms with E-state index in [1.54, 1.807) is 30.6 Å². The van der Waals surface area contributed by atoms with Crippen molar-refractivity contribution >= 4 is 56.3 Å². The second-order valence-electron chi connectivity index (χ2n) is 11.0. The number of anilines is 3. The summed E-state index contributed by atoms with van der Waals surface area (Å²) < 4.78 is 5.75. The van der Waals surface area contributed by atoms with Gasteiger partial charge in [0.1, 0.15) is 22.7 Å². The van der Waals surface area contributed by atoms with E-state index in [9.17, 15) is 4.79 Å². The summed E-state index contributed by atoms with van der Waals surface area (Å²) in [7, 11) is 0. The molecule has 9 heteroatoms. The van der Waals surface area contributed by atoms with E-state index in [1.807, 2.05) is 23.5 Å². The lowest BCUT2D eigenvalue weighted by molar-refractivity contribution is -0.118. The lowest BCUT2D eigenvalue weighted by Crippen LogP contribution is -2.46. The average Bonchev–Trinajstić information content (AvgIpc) is 3.44. The van der Waals surface area contributed by atoms with Gasteiger partial charge in [-0.2, -0.15) is 0 Å². The molecule has 7 rings (SSSR count). The Kier molecular flexibility index (Phi) is 7.87. The first kappa shape index (κ1) is 27.7. The zero-order chi connectivity index (χ0) is 29.2. The van der Waals surface area contributed by atoms with E-state index < -0.39 is 0 Å². The number of fused-ring (bicyclic) bond motifs is 3. The third-order valence-corrected chi connectivity index (χ3v) is 9.79. The number of aromatic nitrogens is 2. The minimum absolute atomic E-state index is 0.0543. The summed E-state index contributed by atoms with van der Waals surface area (Å²) in [4.78, 5) is 29.2. The van der Waals surface area contributed by atoms with Gasteiger partial charge in [0.2, 0.25) is 0 Å². The minimum atomic E-state index is -0.212. The van der Waals surface area contributed by atoms with Crippen molar-refractivity contribution in [3.05, 3.63) is 106 Å². The predicted molar refractivity (Wildman–Crippen MR) is 175 cm³/mol. The van der Waals surface area contributed by atoms with Crippen LogP contribution in [0.15, 0.2) is 85.2 Å². The SMILES string of the molecule is O=C(COc1ccc(C2CCc3c(sc4ncnc(N5CCN(c6ccccc6)CC5)c34)C2)cc1)Nc1ccc(Cl)cc1. The molecule has 2 aliphatic rings. The number of nitrogens with zero attached hydrogens (tertiary/aromatic N) is 4. The van der Waals surface area contributed by atoms with E-state index in [-0.39, 0.29) is 12.5 Å². The summed E-state index contributed by atoms with van der Waals surface area (Å²) in [5, 5.41) is 4.71. The molecule has 0 bridgehead atoms. The average molecular weight is 610 g/mol. The van der Waals surface area contributed by atoms with Crippen LogP contribution in [-0.2, 0) is 17.6 Å². The van der Waals surface area contributed by atoms with Crippen molar-refractivity contribution in [2.24, 2.45) is 0 Å². The second kappa shape index (κ2) is 12.2. The number of benzene rings is 3. The van der Waals surface area contributed by atoms with Crippen molar-refractivity contribution < 1.29 is 9.53 Å². The molecule has 1 aliphatic heterocycles. The summed E-state index contributed by atoms with van der Waals surface area (Å²) in [5.41, 5.74) is 4.71. The molecule has 1 unspecified atom stereocenters. The van der Waals surface area contributed by atoms with Crippen molar-refractivity contribution in [2.75, 3.05) is 47.9 Å². The first-order chi connectivity index (χ1) is 21.1. The number of para-hydroxylation sites is 1. The number of thiophene rings is 1. The standard InChI is InChI=1S/C34H32ClN5O2S/c35-25-9-11-26(12-10-25)38-31(41)21-42-28-13-6-23(7-14-28)24-8-15-29-30(20-24)43-34-32(29)33(36-22-37-34)40-18-16-39(17-19-40)27-4-2-1-3-5-27/h1-7,9-14,22,24H,8,15-21H2,(H,38,41). The van der Waals surface area contributed by atoms with E-state index in [4.69, 9.17) is 26.3 Å². The molecule has 1 fully saturated rings. The third-order valence-electron chi connectivity index (χ3n) is 8.38. The Morgan fingerprint density at radius 2 is 1.67 bits per heavy atom. The Morgan fingerprint density at radius 1 is 0.930 bits per heavy atom. The Morgan fingerprint density at radius 3 is 2.44 bits per heavy atom. The highest BCUT2D eigenvalue weighted by Gasteiger charge is 2.28. The highest BCUT2D eigenvalue weighted by Crippen LogP contribution is 2.43. The Balaban J connectivity index is 0.993. The molecule has 218 valence electrons. The van der Waals surface area contributed by atoms with Gasteiger partial charge in [0, 0.05) is 47.5 Å². The largest absolute Gasteiger partial charge is 0.484 e. The molecule has 1 aliphatic carbocycles. The monoisotopic (exact) mass is 609 g/mol. The number of piperazine rings is 1. The van der Waals surface area contributed by atoms with Crippen LogP contribution in [-0.4, -0.2) is 48.7 Å². The molecule has 0 saturated carbocycles. The van der Waals surface area contributed by atoms with Crippen LogP contribution in [0.5, 0.6) is 5.75 Å². The molecule has 0 spiro atoms. The Bertz CT molecular complexity index is 1720. The van der Waals surface area contributed by atoms with Gasteiger partial charge in [0.05, 0.1) is 5.39 Å². The number of ether oxygens (including phenoxy) is 1. The van der Waals surface area contributed by atoms with Crippen LogP contribution in [0.2, 0.25) is 5.02 Å². The van der Waals surface area contributed by atoms with Crippen molar-refractivity contribution in [1.82, 2.24) is 9.97 Å². The molecule has 5 aromatic rings. The molecule has 7 nitrogen and oxygen atoms in total. The van der Waals surface area contributed by atoms with Crippen LogP contribution < -0.4 is 19.9 Å². The smallest absolute Gasteiger partial charge is 0.262 e. The first-order valence-electron chi connectivity index (χ1n) is 14.7. The van der Waals surface area contributed by atoms with Crippen molar-refractivity contribution in [3.63, 3.8) is 0 Å². The lowest BCUT2D eigenvalue weighted by atomic mass is 9.83. The van der Waals surface area contributed by atoms with Crippen molar-refractivity contribution in [1.29, 1.82) is 0 Å². The second-order valence-corrected chi connectivity index (χ2v) is 12.6. The van der Waals surface area contributed by atoms with Gasteiger partial charge in [-0.15, -0.1) is 11.3 Å². The molecule has 43 heavy (non-hydrogen) atoms. The van der Waals surface area contributed by atoms with E-state index in [1.165, 1.54) is 27.1 Å². The van der Waals surface area contributed by atoms with Crippen LogP contribution in [0.1, 0.15) is 28.3 Å². The number of amides is 1. The maximum absolute atomic E-state index is 12.3. The van der Waals surface area contributed by atoms with Crippen LogP contribution >= 0.6 is 22.9 Å². The number of halogens is 1. The van der Waals surface area contributed by atoms with Crippen molar-refractivity contribution in [3.8, 4) is 5.75 Å². The van der Waals surface area contributed by atoms with Gasteiger partial charge in [-0.1, -0.05) is 41.9 Å². The highest BCUT2D eigenvalue weighted by atomic mass is 35.5. The highest BCUT2D eigenvalue weighted by molar-refractivity contribution is 7.19. The zero-order valence-electron chi connectivity index (χ0n) is 23.7. The van der Waals surface area contributed by atoms with Gasteiger partial charge in [-0.3, -0.25) is 4.79 Å². The Labute approximate surface area is 260 Å². The zero-order valence-corrected chi connectivity index (χ0v) is 25.3. The van der Waals surface area contributed by atoms with Crippen molar-refractivity contribution in [2.45, 2.75) is 25.2 Å². The molecular weight excluding hydrogens is 578 g/mol. The maximum atomic E-state index is 12.3. The molecule has 3 aromatic carbocycles. The number of carbonyl (C=O) groups is 1. The summed E-state index contributed by atoms with van der Waals surface area (Å²) in [6, 6.07) is 25.9. The van der Waals surface area contributed by atoms with Crippen LogP contribution in [0.4, 0.5) is 17.2 Å².